The molecule has 0 radical (unpaired) electrons. The Labute approximate surface area is 131 Å². The van der Waals surface area contributed by atoms with E-state index in [0.29, 0.717) is 15.9 Å². The zero-order valence-electron chi connectivity index (χ0n) is 11.4. The van der Waals surface area contributed by atoms with Crippen molar-refractivity contribution in [2.24, 2.45) is 0 Å². The summed E-state index contributed by atoms with van der Waals surface area (Å²) in [6.07, 6.45) is 0. The van der Waals surface area contributed by atoms with Crippen LogP contribution in [0.1, 0.15) is 5.69 Å². The lowest BCUT2D eigenvalue weighted by Gasteiger charge is -2.13. The van der Waals surface area contributed by atoms with E-state index in [-0.39, 0.29) is 16.5 Å². The van der Waals surface area contributed by atoms with Crippen LogP contribution in [0.4, 0.5) is 11.5 Å². The highest BCUT2D eigenvalue weighted by molar-refractivity contribution is 9.10. The molecule has 0 amide bonds. The van der Waals surface area contributed by atoms with Crippen LogP contribution in [0.15, 0.2) is 39.7 Å². The number of halogens is 1. The van der Waals surface area contributed by atoms with E-state index in [9.17, 15) is 8.42 Å². The van der Waals surface area contributed by atoms with Gasteiger partial charge in [-0.05, 0) is 47.1 Å². The van der Waals surface area contributed by atoms with Gasteiger partial charge in [-0.25, -0.2) is 13.4 Å². The van der Waals surface area contributed by atoms with E-state index in [2.05, 4.69) is 25.6 Å². The van der Waals surface area contributed by atoms with Gasteiger partial charge >= 0.3 is 0 Å². The molecule has 1 heterocycles. The summed E-state index contributed by atoms with van der Waals surface area (Å²) in [7, 11) is -2.46. The van der Waals surface area contributed by atoms with Gasteiger partial charge in [-0.3, -0.25) is 4.72 Å². The van der Waals surface area contributed by atoms with Crippen molar-refractivity contribution in [3.8, 4) is 5.75 Å². The van der Waals surface area contributed by atoms with Crippen molar-refractivity contribution < 1.29 is 13.2 Å². The van der Waals surface area contributed by atoms with Crippen molar-refractivity contribution in [3.05, 3.63) is 40.5 Å². The molecule has 0 spiro atoms. The second-order valence-corrected chi connectivity index (χ2v) is 6.80. The molecule has 0 fully saturated rings. The van der Waals surface area contributed by atoms with Crippen LogP contribution in [-0.2, 0) is 10.0 Å². The van der Waals surface area contributed by atoms with Gasteiger partial charge in [0.2, 0.25) is 0 Å². The number of nitrogens with one attached hydrogen (secondary N) is 1. The number of sulfonamides is 1. The van der Waals surface area contributed by atoms with E-state index in [0.717, 1.165) is 0 Å². The van der Waals surface area contributed by atoms with E-state index in [1.807, 2.05) is 0 Å². The highest BCUT2D eigenvalue weighted by atomic mass is 79.9. The number of aromatic nitrogens is 1. The molecule has 2 aromatic rings. The fourth-order valence-corrected chi connectivity index (χ4v) is 3.22. The minimum absolute atomic E-state index is 0.0472. The quantitative estimate of drug-likeness (QED) is 0.805. The van der Waals surface area contributed by atoms with Crippen molar-refractivity contribution in [2.75, 3.05) is 17.6 Å². The number of pyridine rings is 1. The van der Waals surface area contributed by atoms with Crippen molar-refractivity contribution >= 4 is 37.5 Å². The number of ether oxygens (including phenoxy) is 1. The van der Waals surface area contributed by atoms with Gasteiger partial charge in [0.15, 0.2) is 0 Å². The van der Waals surface area contributed by atoms with Crippen LogP contribution >= 0.6 is 15.9 Å². The highest BCUT2D eigenvalue weighted by Gasteiger charge is 2.21. The molecule has 1 aromatic heterocycles. The second-order valence-electron chi connectivity index (χ2n) is 4.29. The number of aryl methyl sites for hydroxylation is 1. The molecule has 0 aliphatic rings. The molecule has 0 aliphatic heterocycles. The molecule has 3 N–H and O–H groups in total. The molecular formula is C13H14BrN3O3S. The summed E-state index contributed by atoms with van der Waals surface area (Å²) in [6, 6.07) is 7.90. The molecule has 0 unspecified atom stereocenters. The van der Waals surface area contributed by atoms with Gasteiger partial charge in [-0.1, -0.05) is 6.07 Å². The van der Waals surface area contributed by atoms with Crippen LogP contribution in [0, 0.1) is 6.92 Å². The Morgan fingerprint density at radius 3 is 2.67 bits per heavy atom. The van der Waals surface area contributed by atoms with Crippen LogP contribution in [-0.4, -0.2) is 20.5 Å². The maximum absolute atomic E-state index is 12.5. The SMILES string of the molecule is COc1cc(Br)c(N)cc1S(=O)(=O)Nc1cccc(C)n1. The van der Waals surface area contributed by atoms with Crippen molar-refractivity contribution in [2.45, 2.75) is 11.8 Å². The summed E-state index contributed by atoms with van der Waals surface area (Å²) in [5.41, 5.74) is 6.75. The smallest absolute Gasteiger partial charge is 0.266 e. The summed E-state index contributed by atoms with van der Waals surface area (Å²) >= 11 is 3.23. The predicted molar refractivity (Wildman–Crippen MR) is 84.9 cm³/mol. The molecule has 6 nitrogen and oxygen atoms in total. The molecule has 112 valence electrons. The first-order chi connectivity index (χ1) is 9.83. The van der Waals surface area contributed by atoms with Gasteiger partial charge in [0.05, 0.1) is 7.11 Å². The van der Waals surface area contributed by atoms with E-state index in [1.165, 1.54) is 19.2 Å². The van der Waals surface area contributed by atoms with Gasteiger partial charge in [0, 0.05) is 15.9 Å². The van der Waals surface area contributed by atoms with Crippen LogP contribution in [0.2, 0.25) is 0 Å². The maximum Gasteiger partial charge on any atom is 0.266 e. The molecule has 21 heavy (non-hydrogen) atoms. The molecule has 0 aliphatic carbocycles. The molecule has 0 atom stereocenters. The number of anilines is 2. The van der Waals surface area contributed by atoms with Crippen LogP contribution in [0.5, 0.6) is 5.75 Å². The van der Waals surface area contributed by atoms with Crippen molar-refractivity contribution in [3.63, 3.8) is 0 Å². The molecule has 0 saturated carbocycles. The molecule has 2 rings (SSSR count). The first-order valence-electron chi connectivity index (χ1n) is 5.93. The molecule has 8 heteroatoms. The third-order valence-electron chi connectivity index (χ3n) is 2.70. The first kappa shape index (κ1) is 15.6. The van der Waals surface area contributed by atoms with Crippen LogP contribution in [0.3, 0.4) is 0 Å². The lowest BCUT2D eigenvalue weighted by molar-refractivity contribution is 0.402. The van der Waals surface area contributed by atoms with Gasteiger partial charge in [-0.2, -0.15) is 0 Å². The van der Waals surface area contributed by atoms with Crippen molar-refractivity contribution in [1.82, 2.24) is 4.98 Å². The summed E-state index contributed by atoms with van der Waals surface area (Å²) in [5, 5.41) is 0. The summed E-state index contributed by atoms with van der Waals surface area (Å²) in [4.78, 5) is 4.06. The largest absolute Gasteiger partial charge is 0.495 e. The Balaban J connectivity index is 2.47. The zero-order valence-corrected chi connectivity index (χ0v) is 13.8. The van der Waals surface area contributed by atoms with Crippen LogP contribution in [0.25, 0.3) is 0 Å². The number of benzene rings is 1. The number of nitrogens with two attached hydrogens (primary N) is 1. The Hall–Kier alpha value is -1.80. The third kappa shape index (κ3) is 3.45. The lowest BCUT2D eigenvalue weighted by Crippen LogP contribution is -2.15. The number of hydrogen-bond donors (Lipinski definition) is 2. The van der Waals surface area contributed by atoms with E-state index in [4.69, 9.17) is 10.5 Å². The zero-order chi connectivity index (χ0) is 15.6. The fraction of sp³-hybridized carbons (Fsp3) is 0.154. The average Bonchev–Trinajstić information content (AvgIpc) is 2.40. The molecule has 0 saturated heterocycles. The number of methoxy groups -OCH3 is 1. The minimum Gasteiger partial charge on any atom is -0.495 e. The second kappa shape index (κ2) is 5.90. The van der Waals surface area contributed by atoms with Gasteiger partial charge in [0.1, 0.15) is 16.5 Å². The number of rotatable bonds is 4. The molecule has 1 aromatic carbocycles. The number of hydrogen-bond acceptors (Lipinski definition) is 5. The number of nitrogen functional groups attached to an aromatic ring is 1. The standard InChI is InChI=1S/C13H14BrN3O3S/c1-8-4-3-5-13(16-8)17-21(18,19)12-7-10(15)9(14)6-11(12)20-2/h3-7H,15H2,1-2H3,(H,16,17). The monoisotopic (exact) mass is 371 g/mol. The maximum atomic E-state index is 12.5. The Kier molecular flexibility index (Phi) is 4.38. The Morgan fingerprint density at radius 1 is 1.33 bits per heavy atom. The molecule has 0 bridgehead atoms. The lowest BCUT2D eigenvalue weighted by atomic mass is 10.3. The van der Waals surface area contributed by atoms with Crippen LogP contribution < -0.4 is 15.2 Å². The number of nitrogens with zero attached hydrogens (tertiary/aromatic N) is 1. The van der Waals surface area contributed by atoms with Gasteiger partial charge in [0.25, 0.3) is 10.0 Å². The minimum atomic E-state index is -3.85. The summed E-state index contributed by atoms with van der Waals surface area (Å²) < 4.78 is 33.0. The third-order valence-corrected chi connectivity index (χ3v) is 4.76. The van der Waals surface area contributed by atoms with E-state index in [1.54, 1.807) is 25.1 Å². The van der Waals surface area contributed by atoms with E-state index < -0.39 is 10.0 Å². The highest BCUT2D eigenvalue weighted by Crippen LogP contribution is 2.33. The van der Waals surface area contributed by atoms with E-state index >= 15 is 0 Å². The molecular weight excluding hydrogens is 358 g/mol. The average molecular weight is 372 g/mol. The Bertz CT molecular complexity index is 778. The normalized spacial score (nSPS) is 11.2. The fourth-order valence-electron chi connectivity index (χ4n) is 1.71. The van der Waals surface area contributed by atoms with Gasteiger partial charge < -0.3 is 10.5 Å². The topological polar surface area (TPSA) is 94.3 Å². The Morgan fingerprint density at radius 2 is 2.05 bits per heavy atom. The first-order valence-corrected chi connectivity index (χ1v) is 8.20. The summed E-state index contributed by atoms with van der Waals surface area (Å²) in [6.45, 7) is 1.77. The van der Waals surface area contributed by atoms with Gasteiger partial charge in [-0.15, -0.1) is 0 Å². The van der Waals surface area contributed by atoms with Crippen molar-refractivity contribution in [1.29, 1.82) is 0 Å². The summed E-state index contributed by atoms with van der Waals surface area (Å²) in [5.74, 6) is 0.426. The predicted octanol–water partition coefficient (Wildman–Crippen LogP) is 2.54.